The summed E-state index contributed by atoms with van der Waals surface area (Å²) in [6.45, 7) is 3.50. The van der Waals surface area contributed by atoms with Gasteiger partial charge in [0.2, 0.25) is 11.8 Å². The van der Waals surface area contributed by atoms with Crippen molar-refractivity contribution >= 4 is 29.1 Å². The van der Waals surface area contributed by atoms with E-state index in [-0.39, 0.29) is 16.5 Å². The molecule has 4 N–H and O–H groups in total. The molecule has 98 valence electrons. The Morgan fingerprint density at radius 1 is 1.33 bits per heavy atom. The zero-order chi connectivity index (χ0) is 13.9. The molecular weight excluding hydrogens is 254 g/mol. The van der Waals surface area contributed by atoms with Gasteiger partial charge < -0.3 is 16.4 Å². The van der Waals surface area contributed by atoms with Crippen molar-refractivity contribution in [3.05, 3.63) is 28.8 Å². The van der Waals surface area contributed by atoms with E-state index in [0.717, 1.165) is 0 Å². The van der Waals surface area contributed by atoms with Crippen LogP contribution in [-0.4, -0.2) is 24.4 Å². The molecule has 0 saturated heterocycles. The summed E-state index contributed by atoms with van der Waals surface area (Å²) < 4.78 is 0. The number of carbonyl (C=O) groups excluding carboxylic acids is 2. The molecule has 0 unspecified atom stereocenters. The van der Waals surface area contributed by atoms with Crippen LogP contribution in [0.25, 0.3) is 0 Å². The molecule has 1 rings (SSSR count). The van der Waals surface area contributed by atoms with Crippen LogP contribution < -0.4 is 16.4 Å². The highest BCUT2D eigenvalue weighted by atomic mass is 35.5. The summed E-state index contributed by atoms with van der Waals surface area (Å²) in [5.74, 6) is -0.804. The Morgan fingerprint density at radius 2 is 1.94 bits per heavy atom. The maximum atomic E-state index is 11.9. The lowest BCUT2D eigenvalue weighted by Crippen LogP contribution is -2.47. The summed E-state index contributed by atoms with van der Waals surface area (Å²) in [7, 11) is 1.70. The first-order chi connectivity index (χ1) is 8.27. The molecule has 0 aliphatic heterocycles. The van der Waals surface area contributed by atoms with Crippen molar-refractivity contribution in [2.24, 2.45) is 5.73 Å². The molecule has 5 nitrogen and oxygen atoms in total. The molecule has 0 spiro atoms. The molecule has 0 aliphatic rings. The Labute approximate surface area is 111 Å². The SMILES string of the molecule is CNC(C)(C)C(=O)Nc1ccc(C(N)=O)c(Cl)c1. The van der Waals surface area contributed by atoms with Gasteiger partial charge in [0.15, 0.2) is 0 Å². The van der Waals surface area contributed by atoms with Gasteiger partial charge in [-0.2, -0.15) is 0 Å². The predicted molar refractivity (Wildman–Crippen MR) is 71.7 cm³/mol. The Morgan fingerprint density at radius 3 is 2.39 bits per heavy atom. The van der Waals surface area contributed by atoms with Crippen LogP contribution in [-0.2, 0) is 4.79 Å². The molecule has 0 atom stereocenters. The van der Waals surface area contributed by atoms with Crippen molar-refractivity contribution in [1.29, 1.82) is 0 Å². The van der Waals surface area contributed by atoms with Crippen molar-refractivity contribution in [3.8, 4) is 0 Å². The first kappa shape index (κ1) is 14.5. The van der Waals surface area contributed by atoms with Crippen molar-refractivity contribution < 1.29 is 9.59 Å². The van der Waals surface area contributed by atoms with E-state index in [1.807, 2.05) is 0 Å². The summed E-state index contributed by atoms with van der Waals surface area (Å²) in [5.41, 5.74) is 5.17. The van der Waals surface area contributed by atoms with Gasteiger partial charge in [-0.15, -0.1) is 0 Å². The van der Waals surface area contributed by atoms with Gasteiger partial charge in [0, 0.05) is 5.69 Å². The second-order valence-corrected chi connectivity index (χ2v) is 4.80. The standard InChI is InChI=1S/C12H16ClN3O2/c1-12(2,15-3)11(18)16-7-4-5-8(10(14)17)9(13)6-7/h4-6,15H,1-3H3,(H2,14,17)(H,16,18). The number of halogens is 1. The fraction of sp³-hybridized carbons (Fsp3) is 0.333. The average Bonchev–Trinajstić information content (AvgIpc) is 2.28. The normalized spacial score (nSPS) is 11.1. The van der Waals surface area contributed by atoms with E-state index < -0.39 is 11.4 Å². The van der Waals surface area contributed by atoms with Gasteiger partial charge in [-0.1, -0.05) is 11.6 Å². The van der Waals surface area contributed by atoms with E-state index >= 15 is 0 Å². The zero-order valence-corrected chi connectivity index (χ0v) is 11.3. The van der Waals surface area contributed by atoms with Gasteiger partial charge >= 0.3 is 0 Å². The molecule has 18 heavy (non-hydrogen) atoms. The quantitative estimate of drug-likeness (QED) is 0.772. The van der Waals surface area contributed by atoms with Gasteiger partial charge in [0.1, 0.15) is 0 Å². The van der Waals surface area contributed by atoms with E-state index in [9.17, 15) is 9.59 Å². The van der Waals surface area contributed by atoms with Crippen LogP contribution in [0.2, 0.25) is 5.02 Å². The van der Waals surface area contributed by atoms with Crippen LogP contribution >= 0.6 is 11.6 Å². The molecule has 0 heterocycles. The minimum atomic E-state index is -0.700. The summed E-state index contributed by atoms with van der Waals surface area (Å²) >= 11 is 5.89. The third kappa shape index (κ3) is 3.21. The Balaban J connectivity index is 2.91. The molecule has 1 aromatic carbocycles. The second-order valence-electron chi connectivity index (χ2n) is 4.39. The number of anilines is 1. The maximum Gasteiger partial charge on any atom is 0.250 e. The topological polar surface area (TPSA) is 84.2 Å². The van der Waals surface area contributed by atoms with E-state index in [2.05, 4.69) is 10.6 Å². The molecule has 0 aromatic heterocycles. The highest BCUT2D eigenvalue weighted by molar-refractivity contribution is 6.34. The van der Waals surface area contributed by atoms with Crippen molar-refractivity contribution in [2.75, 3.05) is 12.4 Å². The zero-order valence-electron chi connectivity index (χ0n) is 10.5. The van der Waals surface area contributed by atoms with E-state index in [4.69, 9.17) is 17.3 Å². The molecule has 0 radical (unpaired) electrons. The van der Waals surface area contributed by atoms with E-state index in [1.165, 1.54) is 12.1 Å². The average molecular weight is 270 g/mol. The van der Waals surface area contributed by atoms with Crippen LogP contribution in [0, 0.1) is 0 Å². The van der Waals surface area contributed by atoms with Gasteiger partial charge in [0.25, 0.3) is 0 Å². The van der Waals surface area contributed by atoms with Crippen LogP contribution in [0.3, 0.4) is 0 Å². The van der Waals surface area contributed by atoms with Gasteiger partial charge in [-0.25, -0.2) is 0 Å². The molecule has 0 bridgehead atoms. The third-order valence-corrected chi connectivity index (χ3v) is 3.00. The number of carbonyl (C=O) groups is 2. The number of primary amides is 1. The first-order valence-corrected chi connectivity index (χ1v) is 5.75. The minimum absolute atomic E-state index is 0.201. The molecule has 6 heteroatoms. The Hall–Kier alpha value is -1.59. The second kappa shape index (κ2) is 5.37. The van der Waals surface area contributed by atoms with Crippen molar-refractivity contribution in [3.63, 3.8) is 0 Å². The minimum Gasteiger partial charge on any atom is -0.366 e. The molecule has 0 saturated carbocycles. The Kier molecular flexibility index (Phi) is 4.32. The fourth-order valence-electron chi connectivity index (χ4n) is 1.19. The van der Waals surface area contributed by atoms with Crippen LogP contribution in [0.5, 0.6) is 0 Å². The third-order valence-electron chi connectivity index (χ3n) is 2.69. The molecule has 1 aromatic rings. The van der Waals surface area contributed by atoms with Crippen molar-refractivity contribution in [1.82, 2.24) is 5.32 Å². The summed E-state index contributed by atoms with van der Waals surface area (Å²) in [5, 5.41) is 5.80. The summed E-state index contributed by atoms with van der Waals surface area (Å²) in [4.78, 5) is 22.9. The summed E-state index contributed by atoms with van der Waals surface area (Å²) in [6.07, 6.45) is 0. The molecule has 0 fully saturated rings. The van der Waals surface area contributed by atoms with E-state index in [0.29, 0.717) is 5.69 Å². The van der Waals surface area contributed by atoms with Crippen LogP contribution in [0.15, 0.2) is 18.2 Å². The highest BCUT2D eigenvalue weighted by Gasteiger charge is 2.25. The fourth-order valence-corrected chi connectivity index (χ4v) is 1.47. The number of hydrogen-bond acceptors (Lipinski definition) is 3. The number of nitrogens with one attached hydrogen (secondary N) is 2. The van der Waals surface area contributed by atoms with Gasteiger partial charge in [0.05, 0.1) is 16.1 Å². The van der Waals surface area contributed by atoms with E-state index in [1.54, 1.807) is 27.0 Å². The monoisotopic (exact) mass is 269 g/mol. The van der Waals surface area contributed by atoms with Crippen LogP contribution in [0.1, 0.15) is 24.2 Å². The van der Waals surface area contributed by atoms with Crippen molar-refractivity contribution in [2.45, 2.75) is 19.4 Å². The molecule has 0 aliphatic carbocycles. The smallest absolute Gasteiger partial charge is 0.250 e. The lowest BCUT2D eigenvalue weighted by Gasteiger charge is -2.22. The number of hydrogen-bond donors (Lipinski definition) is 3. The van der Waals surface area contributed by atoms with Crippen LogP contribution in [0.4, 0.5) is 5.69 Å². The largest absolute Gasteiger partial charge is 0.366 e. The molecule has 2 amide bonds. The first-order valence-electron chi connectivity index (χ1n) is 5.37. The number of rotatable bonds is 4. The number of likely N-dealkylation sites (N-methyl/N-ethyl adjacent to an activating group) is 1. The maximum absolute atomic E-state index is 11.9. The molecular formula is C12H16ClN3O2. The summed E-state index contributed by atoms with van der Waals surface area (Å²) in [6, 6.07) is 4.55. The number of benzene rings is 1. The number of nitrogens with two attached hydrogens (primary N) is 1. The lowest BCUT2D eigenvalue weighted by atomic mass is 10.0. The lowest BCUT2D eigenvalue weighted by molar-refractivity contribution is -0.121. The number of amides is 2. The van der Waals surface area contributed by atoms with Gasteiger partial charge in [-0.3, -0.25) is 9.59 Å². The van der Waals surface area contributed by atoms with Gasteiger partial charge in [-0.05, 0) is 39.1 Å². The highest BCUT2D eigenvalue weighted by Crippen LogP contribution is 2.21. The Bertz CT molecular complexity index is 486. The predicted octanol–water partition coefficient (Wildman–Crippen LogP) is 1.38.